The number of fused-ring (bicyclic) bond motifs is 1. The molecule has 180 valence electrons. The standard InChI is InChI=1S/C22H20F2N8O2S/c1-35(33,34)22-18(24)6-17(23)21(30-22)31-5-3-13(9-31)14(7-25)10-32-11-15(8-29-32)19-16-2-4-26-20(16)28-12-27-19/h2,4,6,8,11-14H,3,5,9-10H2,1H3,(H,26,27,28). The van der Waals surface area contributed by atoms with Crippen molar-refractivity contribution < 1.29 is 17.2 Å². The van der Waals surface area contributed by atoms with Crippen molar-refractivity contribution in [3.63, 3.8) is 0 Å². The summed E-state index contributed by atoms with van der Waals surface area (Å²) in [5.41, 5.74) is 2.22. The summed E-state index contributed by atoms with van der Waals surface area (Å²) in [6, 6.07) is 4.73. The average Bonchev–Trinajstić information content (AvgIpc) is 3.56. The van der Waals surface area contributed by atoms with Gasteiger partial charge in [0.15, 0.2) is 32.3 Å². The van der Waals surface area contributed by atoms with Crippen molar-refractivity contribution in [3.05, 3.63) is 48.7 Å². The van der Waals surface area contributed by atoms with Gasteiger partial charge in [-0.25, -0.2) is 32.2 Å². The third-order valence-corrected chi connectivity index (χ3v) is 7.12. The summed E-state index contributed by atoms with van der Waals surface area (Å²) in [7, 11) is -3.96. The number of hydrogen-bond acceptors (Lipinski definition) is 8. The Kier molecular flexibility index (Phi) is 5.68. The Balaban J connectivity index is 1.33. The molecule has 5 heterocycles. The molecule has 2 atom stereocenters. The molecule has 1 N–H and O–H groups in total. The first kappa shape index (κ1) is 22.9. The normalized spacial score (nSPS) is 17.1. The van der Waals surface area contributed by atoms with Gasteiger partial charge < -0.3 is 9.88 Å². The summed E-state index contributed by atoms with van der Waals surface area (Å²) in [6.45, 7) is 0.948. The summed E-state index contributed by atoms with van der Waals surface area (Å²) >= 11 is 0. The van der Waals surface area contributed by atoms with Crippen molar-refractivity contribution in [3.8, 4) is 17.3 Å². The molecule has 1 aliphatic heterocycles. The number of rotatable bonds is 6. The van der Waals surface area contributed by atoms with Gasteiger partial charge in [0.25, 0.3) is 0 Å². The Morgan fingerprint density at radius 1 is 1.31 bits per heavy atom. The second-order valence-corrected chi connectivity index (χ2v) is 10.4. The molecule has 13 heteroatoms. The van der Waals surface area contributed by atoms with Crippen LogP contribution < -0.4 is 4.90 Å². The topological polar surface area (TPSA) is 133 Å². The van der Waals surface area contributed by atoms with Crippen LogP contribution in [0.15, 0.2) is 42.1 Å². The number of aromatic amines is 1. The second-order valence-electron chi connectivity index (χ2n) is 8.50. The highest BCUT2D eigenvalue weighted by molar-refractivity contribution is 7.90. The van der Waals surface area contributed by atoms with Gasteiger partial charge >= 0.3 is 0 Å². The first-order valence-electron chi connectivity index (χ1n) is 10.8. The SMILES string of the molecule is CS(=O)(=O)c1nc(N2CCC(C(C#N)Cn3cc(-c4ncnc5[nH]ccc45)cn3)C2)c(F)cc1F. The van der Waals surface area contributed by atoms with Crippen molar-refractivity contribution in [1.29, 1.82) is 5.26 Å². The fraction of sp³-hybridized carbons (Fsp3) is 0.318. The van der Waals surface area contributed by atoms with Gasteiger partial charge in [0.1, 0.15) is 12.0 Å². The molecule has 0 saturated carbocycles. The number of anilines is 1. The van der Waals surface area contributed by atoms with Gasteiger partial charge in [0.2, 0.25) is 0 Å². The average molecular weight is 499 g/mol. The number of hydrogen-bond donors (Lipinski definition) is 1. The fourth-order valence-electron chi connectivity index (χ4n) is 4.42. The Morgan fingerprint density at radius 2 is 2.14 bits per heavy atom. The quantitative estimate of drug-likeness (QED) is 0.429. The monoisotopic (exact) mass is 498 g/mol. The minimum atomic E-state index is -3.96. The Labute approximate surface area is 199 Å². The summed E-state index contributed by atoms with van der Waals surface area (Å²) in [6.07, 6.45) is 8.12. The van der Waals surface area contributed by atoms with E-state index in [1.54, 1.807) is 22.0 Å². The van der Waals surface area contributed by atoms with Crippen molar-refractivity contribution in [1.82, 2.24) is 29.7 Å². The van der Waals surface area contributed by atoms with Crippen LogP contribution in [0.1, 0.15) is 6.42 Å². The molecular weight excluding hydrogens is 478 g/mol. The zero-order valence-corrected chi connectivity index (χ0v) is 19.4. The molecule has 4 aromatic heterocycles. The molecule has 0 spiro atoms. The lowest BCUT2D eigenvalue weighted by molar-refractivity contribution is 0.373. The number of nitriles is 1. The second kappa shape index (κ2) is 8.70. The van der Waals surface area contributed by atoms with Crippen LogP contribution in [0.3, 0.4) is 0 Å². The molecule has 1 fully saturated rings. The highest BCUT2D eigenvalue weighted by Gasteiger charge is 2.33. The van der Waals surface area contributed by atoms with Gasteiger partial charge in [-0.05, 0) is 18.4 Å². The lowest BCUT2D eigenvalue weighted by Crippen LogP contribution is -2.26. The molecule has 1 aliphatic rings. The highest BCUT2D eigenvalue weighted by Crippen LogP contribution is 2.31. The highest BCUT2D eigenvalue weighted by atomic mass is 32.2. The Morgan fingerprint density at radius 3 is 2.91 bits per heavy atom. The number of sulfone groups is 1. The Bertz CT molecular complexity index is 1560. The molecule has 0 radical (unpaired) electrons. The molecule has 0 aromatic carbocycles. The first-order valence-corrected chi connectivity index (χ1v) is 12.7. The third-order valence-electron chi connectivity index (χ3n) is 6.13. The van der Waals surface area contributed by atoms with E-state index in [1.807, 2.05) is 12.3 Å². The van der Waals surface area contributed by atoms with Crippen LogP contribution in [0.5, 0.6) is 0 Å². The van der Waals surface area contributed by atoms with Crippen LogP contribution >= 0.6 is 0 Å². The summed E-state index contributed by atoms with van der Waals surface area (Å²) in [5.74, 6) is -2.98. The van der Waals surface area contributed by atoms with Gasteiger partial charge in [-0.3, -0.25) is 4.68 Å². The van der Waals surface area contributed by atoms with Crippen LogP contribution in [0, 0.1) is 34.8 Å². The predicted molar refractivity (Wildman–Crippen MR) is 122 cm³/mol. The maximum Gasteiger partial charge on any atom is 0.195 e. The molecule has 0 aliphatic carbocycles. The van der Waals surface area contributed by atoms with Crippen LogP contribution in [-0.4, -0.2) is 57.5 Å². The van der Waals surface area contributed by atoms with Crippen molar-refractivity contribution in [2.75, 3.05) is 24.2 Å². The summed E-state index contributed by atoms with van der Waals surface area (Å²) in [5, 5.41) is 14.3. The number of nitrogens with one attached hydrogen (secondary N) is 1. The largest absolute Gasteiger partial charge is 0.354 e. The minimum Gasteiger partial charge on any atom is -0.354 e. The van der Waals surface area contributed by atoms with Gasteiger partial charge in [-0.15, -0.1) is 0 Å². The predicted octanol–water partition coefficient (Wildman–Crippen LogP) is 2.56. The van der Waals surface area contributed by atoms with E-state index in [0.717, 1.165) is 22.9 Å². The lowest BCUT2D eigenvalue weighted by atomic mass is 9.93. The minimum absolute atomic E-state index is 0.143. The van der Waals surface area contributed by atoms with E-state index in [9.17, 15) is 22.5 Å². The molecular formula is C22H20F2N8O2S. The van der Waals surface area contributed by atoms with E-state index < -0.39 is 32.4 Å². The number of aromatic nitrogens is 6. The fourth-order valence-corrected chi connectivity index (χ4v) is 5.08. The van der Waals surface area contributed by atoms with Crippen LogP contribution in [0.25, 0.3) is 22.3 Å². The summed E-state index contributed by atoms with van der Waals surface area (Å²) in [4.78, 5) is 16.9. The maximum atomic E-state index is 14.4. The molecule has 0 amide bonds. The van der Waals surface area contributed by atoms with E-state index in [4.69, 9.17) is 0 Å². The zero-order valence-electron chi connectivity index (χ0n) is 18.6. The van der Waals surface area contributed by atoms with E-state index in [0.29, 0.717) is 31.2 Å². The molecule has 5 rings (SSSR count). The zero-order chi connectivity index (χ0) is 24.7. The van der Waals surface area contributed by atoms with Crippen LogP contribution in [-0.2, 0) is 16.4 Å². The molecule has 35 heavy (non-hydrogen) atoms. The molecule has 1 saturated heterocycles. The van der Waals surface area contributed by atoms with Gasteiger partial charge in [0.05, 0.1) is 30.4 Å². The van der Waals surface area contributed by atoms with E-state index in [2.05, 4.69) is 31.1 Å². The van der Waals surface area contributed by atoms with E-state index in [-0.39, 0.29) is 18.3 Å². The van der Waals surface area contributed by atoms with Gasteiger partial charge in [0, 0.05) is 48.8 Å². The number of H-pyrrole nitrogens is 1. The molecule has 2 unspecified atom stereocenters. The molecule has 4 aromatic rings. The molecule has 0 bridgehead atoms. The van der Waals surface area contributed by atoms with Gasteiger partial charge in [-0.2, -0.15) is 10.4 Å². The van der Waals surface area contributed by atoms with E-state index in [1.165, 1.54) is 6.33 Å². The molecule has 10 nitrogen and oxygen atoms in total. The Hall–Kier alpha value is -3.92. The lowest BCUT2D eigenvalue weighted by Gasteiger charge is -2.20. The number of halogens is 2. The number of nitrogens with zero attached hydrogens (tertiary/aromatic N) is 7. The smallest absolute Gasteiger partial charge is 0.195 e. The maximum absolute atomic E-state index is 14.4. The van der Waals surface area contributed by atoms with Crippen LogP contribution in [0.4, 0.5) is 14.6 Å². The van der Waals surface area contributed by atoms with Crippen molar-refractivity contribution in [2.45, 2.75) is 18.0 Å². The van der Waals surface area contributed by atoms with Gasteiger partial charge in [-0.1, -0.05) is 0 Å². The van der Waals surface area contributed by atoms with Crippen molar-refractivity contribution in [2.24, 2.45) is 11.8 Å². The summed E-state index contributed by atoms with van der Waals surface area (Å²) < 4.78 is 53.7. The first-order chi connectivity index (χ1) is 16.7. The van der Waals surface area contributed by atoms with Crippen molar-refractivity contribution >= 4 is 26.7 Å². The van der Waals surface area contributed by atoms with Crippen LogP contribution in [0.2, 0.25) is 0 Å². The van der Waals surface area contributed by atoms with E-state index >= 15 is 0 Å². The number of pyridine rings is 1. The third kappa shape index (κ3) is 4.32.